The second kappa shape index (κ2) is 13.3. The summed E-state index contributed by atoms with van der Waals surface area (Å²) < 4.78 is 23.2. The summed E-state index contributed by atoms with van der Waals surface area (Å²) in [6, 6.07) is 15.4. The molecular formula is C28H35NO6. The number of Topliss-reactive ketones (excluding diaryl/α,β-unsaturated/α-hetero) is 1. The quantitative estimate of drug-likeness (QED) is 0.195. The van der Waals surface area contributed by atoms with Crippen molar-refractivity contribution in [1.29, 1.82) is 0 Å². The van der Waals surface area contributed by atoms with Crippen LogP contribution in [0.3, 0.4) is 0 Å². The number of rotatable bonds is 11. The molecule has 7 nitrogen and oxygen atoms in total. The van der Waals surface area contributed by atoms with Crippen molar-refractivity contribution >= 4 is 24.1 Å². The minimum atomic E-state index is -0.712. The molecule has 0 radical (unpaired) electrons. The molecule has 0 spiro atoms. The van der Waals surface area contributed by atoms with Crippen molar-refractivity contribution in [3.05, 3.63) is 70.8 Å². The maximum absolute atomic E-state index is 11.4. The summed E-state index contributed by atoms with van der Waals surface area (Å²) in [5, 5.41) is 4.14. The Kier molecular flexibility index (Phi) is 10.2. The molecule has 5 atom stereocenters. The highest BCUT2D eigenvalue weighted by Gasteiger charge is 2.47. The number of hydrogen-bond acceptors (Lipinski definition) is 7. The summed E-state index contributed by atoms with van der Waals surface area (Å²) in [5.74, 6) is 0.0629. The van der Waals surface area contributed by atoms with Crippen molar-refractivity contribution in [3.8, 4) is 0 Å². The van der Waals surface area contributed by atoms with E-state index in [2.05, 4.69) is 12.1 Å². The zero-order chi connectivity index (χ0) is 25.2. The van der Waals surface area contributed by atoms with Gasteiger partial charge in [-0.2, -0.15) is 0 Å². The van der Waals surface area contributed by atoms with E-state index in [1.807, 2.05) is 67.6 Å². The Morgan fingerprint density at radius 1 is 0.914 bits per heavy atom. The van der Waals surface area contributed by atoms with Gasteiger partial charge in [-0.05, 0) is 37.0 Å². The van der Waals surface area contributed by atoms with Gasteiger partial charge in [-0.1, -0.05) is 72.8 Å². The van der Waals surface area contributed by atoms with Crippen LogP contribution in [0.1, 0.15) is 54.2 Å². The predicted octanol–water partition coefficient (Wildman–Crippen LogP) is 4.98. The fraction of sp³-hybridized carbons (Fsp3) is 0.429. The third-order valence-electron chi connectivity index (χ3n) is 5.87. The number of carbonyl (C=O) groups excluding carboxylic acids is 1. The molecule has 3 rings (SSSR count). The van der Waals surface area contributed by atoms with Crippen LogP contribution in [0.5, 0.6) is 0 Å². The number of oxime groups is 1. The molecule has 0 amide bonds. The maximum Gasteiger partial charge on any atom is 0.256 e. The standard InChI is InChI=1S/C28H35NO6/c1-6-17-33-26-25(31-4)20(3)34-28(27(26)32-5)35-29-18-23-11-9-21(10-12-23)7-8-22-13-15-24(16-14-22)19(2)30/h7-16,18,20,25-28H,6,17H2,1-5H3/t20-,25-,26-,27-,28-/m0/s1. The zero-order valence-electron chi connectivity index (χ0n) is 21.0. The number of methoxy groups -OCH3 is 2. The van der Waals surface area contributed by atoms with Crippen LogP contribution in [0.25, 0.3) is 12.2 Å². The molecule has 1 aliphatic rings. The predicted molar refractivity (Wildman–Crippen MR) is 136 cm³/mol. The van der Waals surface area contributed by atoms with E-state index in [9.17, 15) is 4.79 Å². The van der Waals surface area contributed by atoms with Crippen LogP contribution in [0.4, 0.5) is 0 Å². The molecule has 1 saturated heterocycles. The second-order valence-corrected chi connectivity index (χ2v) is 8.46. The van der Waals surface area contributed by atoms with Gasteiger partial charge in [0.05, 0.1) is 12.3 Å². The van der Waals surface area contributed by atoms with Gasteiger partial charge in [0.15, 0.2) is 11.9 Å². The fourth-order valence-corrected chi connectivity index (χ4v) is 3.94. The number of ether oxygens (including phenoxy) is 4. The first kappa shape index (κ1) is 26.8. The minimum absolute atomic E-state index is 0.0629. The molecule has 0 aromatic heterocycles. The Hall–Kier alpha value is -2.84. The molecule has 1 heterocycles. The first-order valence-corrected chi connectivity index (χ1v) is 11.9. The van der Waals surface area contributed by atoms with E-state index < -0.39 is 12.4 Å². The molecule has 35 heavy (non-hydrogen) atoms. The average molecular weight is 482 g/mol. The lowest BCUT2D eigenvalue weighted by Crippen LogP contribution is -2.59. The SMILES string of the molecule is CCCO[C@@H]1[C@H](OC)[C@H](ON=Cc2ccc(C=Cc3ccc(C(C)=O)cc3)cc2)O[C@@H](C)[C@@H]1OC. The van der Waals surface area contributed by atoms with Crippen LogP contribution >= 0.6 is 0 Å². The van der Waals surface area contributed by atoms with E-state index in [4.69, 9.17) is 23.8 Å². The smallest absolute Gasteiger partial charge is 0.256 e. The highest BCUT2D eigenvalue weighted by Crippen LogP contribution is 2.28. The summed E-state index contributed by atoms with van der Waals surface area (Å²) in [5.41, 5.74) is 3.67. The molecule has 0 unspecified atom stereocenters. The maximum atomic E-state index is 11.4. The van der Waals surface area contributed by atoms with Crippen LogP contribution in [-0.2, 0) is 23.8 Å². The molecule has 1 aliphatic heterocycles. The topological polar surface area (TPSA) is 75.6 Å². The van der Waals surface area contributed by atoms with Crippen LogP contribution in [0.15, 0.2) is 53.7 Å². The van der Waals surface area contributed by atoms with E-state index in [0.717, 1.165) is 23.1 Å². The summed E-state index contributed by atoms with van der Waals surface area (Å²) in [6.07, 6.45) is 4.54. The molecule has 2 aromatic carbocycles. The van der Waals surface area contributed by atoms with E-state index in [1.165, 1.54) is 0 Å². The summed E-state index contributed by atoms with van der Waals surface area (Å²) >= 11 is 0. The number of hydrogen-bond donors (Lipinski definition) is 0. The molecule has 188 valence electrons. The van der Waals surface area contributed by atoms with E-state index in [0.29, 0.717) is 12.2 Å². The van der Waals surface area contributed by atoms with Gasteiger partial charge in [0.2, 0.25) is 0 Å². The molecule has 0 bridgehead atoms. The first-order valence-electron chi connectivity index (χ1n) is 11.9. The summed E-state index contributed by atoms with van der Waals surface area (Å²) in [4.78, 5) is 17.1. The number of benzene rings is 2. The van der Waals surface area contributed by atoms with Gasteiger partial charge in [-0.3, -0.25) is 4.79 Å². The van der Waals surface area contributed by atoms with Gasteiger partial charge in [0.25, 0.3) is 6.29 Å². The molecule has 2 aromatic rings. The molecule has 0 aliphatic carbocycles. The highest BCUT2D eigenvalue weighted by atomic mass is 16.8. The Morgan fingerprint density at radius 2 is 1.49 bits per heavy atom. The first-order chi connectivity index (χ1) is 17.0. The van der Waals surface area contributed by atoms with Crippen LogP contribution < -0.4 is 0 Å². The minimum Gasteiger partial charge on any atom is -0.376 e. The molecule has 1 fully saturated rings. The van der Waals surface area contributed by atoms with E-state index in [-0.39, 0.29) is 24.1 Å². The largest absolute Gasteiger partial charge is 0.376 e. The molecule has 0 saturated carbocycles. The Labute approximate surface area is 207 Å². The van der Waals surface area contributed by atoms with E-state index >= 15 is 0 Å². The number of ketones is 1. The second-order valence-electron chi connectivity index (χ2n) is 8.46. The lowest BCUT2D eigenvalue weighted by atomic mass is 9.99. The van der Waals surface area contributed by atoms with Crippen molar-refractivity contribution in [2.24, 2.45) is 5.16 Å². The van der Waals surface area contributed by atoms with Gasteiger partial charge in [-0.25, -0.2) is 0 Å². The molecule has 0 N–H and O–H groups in total. The van der Waals surface area contributed by atoms with Crippen LogP contribution in [-0.4, -0.2) is 63.5 Å². The highest BCUT2D eigenvalue weighted by molar-refractivity contribution is 5.94. The van der Waals surface area contributed by atoms with Crippen molar-refractivity contribution in [2.75, 3.05) is 20.8 Å². The van der Waals surface area contributed by atoms with Crippen molar-refractivity contribution in [2.45, 2.75) is 57.9 Å². The Balaban J connectivity index is 1.59. The van der Waals surface area contributed by atoms with Crippen LogP contribution in [0, 0.1) is 0 Å². The lowest BCUT2D eigenvalue weighted by Gasteiger charge is -2.42. The van der Waals surface area contributed by atoms with Gasteiger partial charge in [-0.15, -0.1) is 0 Å². The number of nitrogens with zero attached hydrogens (tertiary/aromatic N) is 1. The fourth-order valence-electron chi connectivity index (χ4n) is 3.94. The van der Waals surface area contributed by atoms with Gasteiger partial charge in [0.1, 0.15) is 12.2 Å². The van der Waals surface area contributed by atoms with Gasteiger partial charge < -0.3 is 23.8 Å². The summed E-state index contributed by atoms with van der Waals surface area (Å²) in [7, 11) is 3.24. The zero-order valence-corrected chi connectivity index (χ0v) is 21.0. The summed E-state index contributed by atoms with van der Waals surface area (Å²) in [6.45, 7) is 6.14. The lowest BCUT2D eigenvalue weighted by molar-refractivity contribution is -0.308. The van der Waals surface area contributed by atoms with Crippen LogP contribution in [0.2, 0.25) is 0 Å². The van der Waals surface area contributed by atoms with Gasteiger partial charge >= 0.3 is 0 Å². The monoisotopic (exact) mass is 481 g/mol. The normalized spacial score (nSPS) is 24.8. The molecule has 7 heteroatoms. The average Bonchev–Trinajstić information content (AvgIpc) is 2.87. The van der Waals surface area contributed by atoms with Crippen molar-refractivity contribution in [1.82, 2.24) is 0 Å². The molecular weight excluding hydrogens is 446 g/mol. The van der Waals surface area contributed by atoms with Crippen molar-refractivity contribution < 1.29 is 28.6 Å². The third kappa shape index (κ3) is 7.32. The third-order valence-corrected chi connectivity index (χ3v) is 5.87. The number of carbonyl (C=O) groups is 1. The van der Waals surface area contributed by atoms with E-state index in [1.54, 1.807) is 27.4 Å². The Morgan fingerprint density at radius 3 is 2.03 bits per heavy atom. The Bertz CT molecular complexity index is 986. The van der Waals surface area contributed by atoms with Gasteiger partial charge in [0, 0.05) is 26.4 Å². The van der Waals surface area contributed by atoms with Crippen molar-refractivity contribution in [3.63, 3.8) is 0 Å².